The summed E-state index contributed by atoms with van der Waals surface area (Å²) < 4.78 is 0. The molecule has 1 aromatic heterocycles. The molecule has 0 saturated heterocycles. The van der Waals surface area contributed by atoms with Gasteiger partial charge in [0.25, 0.3) is 5.91 Å². The molecule has 3 rings (SSSR count). The fourth-order valence-electron chi connectivity index (χ4n) is 2.76. The Kier molecular flexibility index (Phi) is 5.64. The van der Waals surface area contributed by atoms with Crippen molar-refractivity contribution >= 4 is 17.4 Å². The number of rotatable bonds is 6. The molecule has 0 aliphatic heterocycles. The summed E-state index contributed by atoms with van der Waals surface area (Å²) in [7, 11) is 0. The predicted molar refractivity (Wildman–Crippen MR) is 106 cm³/mol. The molecule has 4 nitrogen and oxygen atoms in total. The van der Waals surface area contributed by atoms with Crippen molar-refractivity contribution in [3.05, 3.63) is 89.1 Å². The third-order valence-corrected chi connectivity index (χ3v) is 4.21. The van der Waals surface area contributed by atoms with Crippen LogP contribution >= 0.6 is 0 Å². The molecule has 0 bridgehead atoms. The quantitative estimate of drug-likeness (QED) is 0.695. The molecule has 2 N–H and O–H groups in total. The zero-order chi connectivity index (χ0) is 18.4. The molecule has 26 heavy (non-hydrogen) atoms. The lowest BCUT2D eigenvalue weighted by atomic mass is 10.1. The standard InChI is InChI=1S/C22H23N3O/c1-16-8-10-20(17(2)14-16)25-21-11-9-19(15-24-21)22(26)23-13-12-18-6-4-3-5-7-18/h3-11,14-15H,12-13H2,1-2H3,(H,23,26)(H,24,25). The number of aromatic nitrogens is 1. The van der Waals surface area contributed by atoms with Crippen molar-refractivity contribution in [2.75, 3.05) is 11.9 Å². The lowest BCUT2D eigenvalue weighted by Crippen LogP contribution is -2.25. The van der Waals surface area contributed by atoms with Crippen LogP contribution in [0.3, 0.4) is 0 Å². The van der Waals surface area contributed by atoms with E-state index in [1.807, 2.05) is 30.3 Å². The highest BCUT2D eigenvalue weighted by Gasteiger charge is 2.06. The van der Waals surface area contributed by atoms with E-state index in [9.17, 15) is 4.79 Å². The molecule has 2 aromatic carbocycles. The van der Waals surface area contributed by atoms with Gasteiger partial charge >= 0.3 is 0 Å². The van der Waals surface area contributed by atoms with Crippen molar-refractivity contribution in [3.63, 3.8) is 0 Å². The third-order valence-electron chi connectivity index (χ3n) is 4.21. The van der Waals surface area contributed by atoms with Gasteiger partial charge < -0.3 is 10.6 Å². The molecule has 0 atom stereocenters. The number of nitrogens with one attached hydrogen (secondary N) is 2. The number of pyridine rings is 1. The van der Waals surface area contributed by atoms with Gasteiger partial charge in [-0.1, -0.05) is 48.0 Å². The summed E-state index contributed by atoms with van der Waals surface area (Å²) in [4.78, 5) is 16.6. The SMILES string of the molecule is Cc1ccc(Nc2ccc(C(=O)NCCc3ccccc3)cn2)c(C)c1. The minimum atomic E-state index is -0.105. The Bertz CT molecular complexity index is 874. The topological polar surface area (TPSA) is 54.0 Å². The van der Waals surface area contributed by atoms with Crippen molar-refractivity contribution in [3.8, 4) is 0 Å². The largest absolute Gasteiger partial charge is 0.352 e. The summed E-state index contributed by atoms with van der Waals surface area (Å²) in [5.41, 5.74) is 5.17. The van der Waals surface area contributed by atoms with E-state index >= 15 is 0 Å². The molecule has 0 aliphatic carbocycles. The number of anilines is 2. The van der Waals surface area contributed by atoms with Crippen LogP contribution in [0.2, 0.25) is 0 Å². The maximum Gasteiger partial charge on any atom is 0.252 e. The Morgan fingerprint density at radius 2 is 1.81 bits per heavy atom. The fraction of sp³-hybridized carbons (Fsp3) is 0.182. The molecular weight excluding hydrogens is 322 g/mol. The molecule has 1 heterocycles. The number of benzene rings is 2. The summed E-state index contributed by atoms with van der Waals surface area (Å²) in [5, 5.41) is 6.22. The maximum absolute atomic E-state index is 12.2. The highest BCUT2D eigenvalue weighted by Crippen LogP contribution is 2.20. The number of aryl methyl sites for hydroxylation is 2. The van der Waals surface area contributed by atoms with Crippen LogP contribution in [0.5, 0.6) is 0 Å². The number of hydrogen-bond acceptors (Lipinski definition) is 3. The number of nitrogens with zero attached hydrogens (tertiary/aromatic N) is 1. The lowest BCUT2D eigenvalue weighted by molar-refractivity contribution is 0.0954. The molecular formula is C22H23N3O. The van der Waals surface area contributed by atoms with Gasteiger partial charge in [-0.05, 0) is 49.6 Å². The van der Waals surface area contributed by atoms with Gasteiger partial charge in [0, 0.05) is 18.4 Å². The van der Waals surface area contributed by atoms with Gasteiger partial charge in [0.15, 0.2) is 0 Å². The Morgan fingerprint density at radius 3 is 2.50 bits per heavy atom. The molecule has 0 fully saturated rings. The van der Waals surface area contributed by atoms with Crippen molar-refractivity contribution in [1.82, 2.24) is 10.3 Å². The predicted octanol–water partition coefficient (Wildman–Crippen LogP) is 4.41. The van der Waals surface area contributed by atoms with Gasteiger partial charge in [0.1, 0.15) is 5.82 Å². The van der Waals surface area contributed by atoms with E-state index in [-0.39, 0.29) is 5.91 Å². The molecule has 0 radical (unpaired) electrons. The van der Waals surface area contributed by atoms with E-state index in [0.717, 1.165) is 23.5 Å². The van der Waals surface area contributed by atoms with Crippen molar-refractivity contribution in [1.29, 1.82) is 0 Å². The van der Waals surface area contributed by atoms with Gasteiger partial charge in [-0.2, -0.15) is 0 Å². The first kappa shape index (κ1) is 17.7. The zero-order valence-corrected chi connectivity index (χ0v) is 15.1. The first-order valence-electron chi connectivity index (χ1n) is 8.74. The average Bonchev–Trinajstić information content (AvgIpc) is 2.65. The Hall–Kier alpha value is -3.14. The van der Waals surface area contributed by atoms with Crippen LogP contribution in [-0.2, 0) is 6.42 Å². The normalized spacial score (nSPS) is 10.4. The number of carbonyl (C=O) groups excluding carboxylic acids is 1. The number of amides is 1. The molecule has 0 spiro atoms. The second-order valence-electron chi connectivity index (χ2n) is 6.37. The monoisotopic (exact) mass is 345 g/mol. The molecule has 132 valence electrons. The van der Waals surface area contributed by atoms with E-state index < -0.39 is 0 Å². The van der Waals surface area contributed by atoms with Gasteiger partial charge in [-0.15, -0.1) is 0 Å². The molecule has 1 amide bonds. The minimum absolute atomic E-state index is 0.105. The summed E-state index contributed by atoms with van der Waals surface area (Å²) in [6.07, 6.45) is 2.41. The van der Waals surface area contributed by atoms with Crippen LogP contribution < -0.4 is 10.6 Å². The van der Waals surface area contributed by atoms with Crippen LogP contribution in [-0.4, -0.2) is 17.4 Å². The van der Waals surface area contributed by atoms with Crippen molar-refractivity contribution in [2.24, 2.45) is 0 Å². The molecule has 3 aromatic rings. The summed E-state index contributed by atoms with van der Waals surface area (Å²) >= 11 is 0. The van der Waals surface area contributed by atoms with E-state index in [0.29, 0.717) is 12.1 Å². The van der Waals surface area contributed by atoms with Crippen LogP contribution in [0.4, 0.5) is 11.5 Å². The lowest BCUT2D eigenvalue weighted by Gasteiger charge is -2.10. The second-order valence-corrected chi connectivity index (χ2v) is 6.37. The molecule has 4 heteroatoms. The van der Waals surface area contributed by atoms with Gasteiger partial charge in [0.05, 0.1) is 5.56 Å². The third kappa shape index (κ3) is 4.70. The number of carbonyl (C=O) groups is 1. The Balaban J connectivity index is 1.55. The van der Waals surface area contributed by atoms with E-state index in [1.54, 1.807) is 12.3 Å². The highest BCUT2D eigenvalue weighted by molar-refractivity contribution is 5.94. The van der Waals surface area contributed by atoms with E-state index in [4.69, 9.17) is 0 Å². The maximum atomic E-state index is 12.2. The van der Waals surface area contributed by atoms with Gasteiger partial charge in [-0.3, -0.25) is 4.79 Å². The minimum Gasteiger partial charge on any atom is -0.352 e. The van der Waals surface area contributed by atoms with Crippen molar-refractivity contribution in [2.45, 2.75) is 20.3 Å². The Morgan fingerprint density at radius 1 is 1.00 bits per heavy atom. The summed E-state index contributed by atoms with van der Waals surface area (Å²) in [6, 6.07) is 19.9. The zero-order valence-electron chi connectivity index (χ0n) is 15.1. The fourth-order valence-corrected chi connectivity index (χ4v) is 2.76. The average molecular weight is 345 g/mol. The van der Waals surface area contributed by atoms with Crippen molar-refractivity contribution < 1.29 is 4.79 Å². The molecule has 0 saturated carbocycles. The van der Waals surface area contributed by atoms with E-state index in [1.165, 1.54) is 11.1 Å². The summed E-state index contributed by atoms with van der Waals surface area (Å²) in [5.74, 6) is 0.615. The van der Waals surface area contributed by atoms with Crippen LogP contribution in [0, 0.1) is 13.8 Å². The van der Waals surface area contributed by atoms with Crippen LogP contribution in [0.1, 0.15) is 27.0 Å². The first-order chi connectivity index (χ1) is 12.6. The molecule has 0 unspecified atom stereocenters. The first-order valence-corrected chi connectivity index (χ1v) is 8.74. The van der Waals surface area contributed by atoms with Crippen LogP contribution in [0.25, 0.3) is 0 Å². The Labute approximate surface area is 154 Å². The summed E-state index contributed by atoms with van der Waals surface area (Å²) in [6.45, 7) is 4.73. The second kappa shape index (κ2) is 8.30. The van der Waals surface area contributed by atoms with Gasteiger partial charge in [0.2, 0.25) is 0 Å². The number of hydrogen-bond donors (Lipinski definition) is 2. The molecule has 0 aliphatic rings. The van der Waals surface area contributed by atoms with Crippen LogP contribution in [0.15, 0.2) is 66.9 Å². The van der Waals surface area contributed by atoms with Gasteiger partial charge in [-0.25, -0.2) is 4.98 Å². The smallest absolute Gasteiger partial charge is 0.252 e. The highest BCUT2D eigenvalue weighted by atomic mass is 16.1. The van der Waals surface area contributed by atoms with E-state index in [2.05, 4.69) is 53.7 Å².